The number of benzene rings is 3. The second-order valence-corrected chi connectivity index (χ2v) is 7.57. The Balaban J connectivity index is 1.54. The van der Waals surface area contributed by atoms with Gasteiger partial charge in [-0.05, 0) is 29.8 Å². The van der Waals surface area contributed by atoms with Crippen molar-refractivity contribution in [3.63, 3.8) is 0 Å². The molecule has 0 saturated carbocycles. The number of amides is 2. The lowest BCUT2D eigenvalue weighted by Crippen LogP contribution is -2.09. The fraction of sp³-hybridized carbons (Fsp3) is 0.0741. The quantitative estimate of drug-likeness (QED) is 0.391. The second-order valence-electron chi connectivity index (χ2n) is 7.57. The molecule has 0 unspecified atom stereocenters. The Morgan fingerprint density at radius 3 is 2.24 bits per heavy atom. The number of hydrogen-bond acceptors (Lipinski definition) is 3. The molecule has 3 aromatic carbocycles. The minimum absolute atomic E-state index is 0.167. The first kappa shape index (κ1) is 21.8. The van der Waals surface area contributed by atoms with Crippen molar-refractivity contribution in [1.82, 2.24) is 9.78 Å². The molecule has 0 aliphatic heterocycles. The van der Waals surface area contributed by atoms with Crippen LogP contribution >= 0.6 is 0 Å². The summed E-state index contributed by atoms with van der Waals surface area (Å²) in [7, 11) is 0. The monoisotopic (exact) mass is 436 g/mol. The fourth-order valence-electron chi connectivity index (χ4n) is 3.46. The highest BCUT2D eigenvalue weighted by molar-refractivity contribution is 6.02. The number of nitrogens with zero attached hydrogens (tertiary/aromatic N) is 2. The molecule has 6 heteroatoms. The molecular weight excluding hydrogens is 412 g/mol. The highest BCUT2D eigenvalue weighted by atomic mass is 16.2. The van der Waals surface area contributed by atoms with E-state index in [1.807, 2.05) is 59.4 Å². The third-order valence-electron chi connectivity index (χ3n) is 4.89. The van der Waals surface area contributed by atoms with Crippen molar-refractivity contribution < 1.29 is 9.59 Å². The Morgan fingerprint density at radius 2 is 1.55 bits per heavy atom. The minimum Gasteiger partial charge on any atom is -0.326 e. The van der Waals surface area contributed by atoms with E-state index in [4.69, 9.17) is 5.10 Å². The van der Waals surface area contributed by atoms with Gasteiger partial charge in [-0.2, -0.15) is 5.10 Å². The Kier molecular flexibility index (Phi) is 6.75. The van der Waals surface area contributed by atoms with Gasteiger partial charge in [-0.25, -0.2) is 0 Å². The summed E-state index contributed by atoms with van der Waals surface area (Å²) in [4.78, 5) is 23.8. The van der Waals surface area contributed by atoms with Crippen LogP contribution in [0.4, 0.5) is 11.4 Å². The molecule has 1 heterocycles. The van der Waals surface area contributed by atoms with Gasteiger partial charge in [0.1, 0.15) is 0 Å². The fourth-order valence-corrected chi connectivity index (χ4v) is 3.46. The van der Waals surface area contributed by atoms with E-state index in [1.165, 1.54) is 13.0 Å². The Bertz CT molecular complexity index is 1280. The molecule has 2 amide bonds. The van der Waals surface area contributed by atoms with E-state index in [0.717, 1.165) is 22.4 Å². The van der Waals surface area contributed by atoms with Gasteiger partial charge in [-0.15, -0.1) is 0 Å². The van der Waals surface area contributed by atoms with E-state index in [2.05, 4.69) is 22.8 Å². The van der Waals surface area contributed by atoms with Gasteiger partial charge in [-0.1, -0.05) is 66.7 Å². The van der Waals surface area contributed by atoms with Gasteiger partial charge in [0.25, 0.3) is 0 Å². The van der Waals surface area contributed by atoms with E-state index < -0.39 is 0 Å². The summed E-state index contributed by atoms with van der Waals surface area (Å²) in [6.07, 6.45) is 5.20. The van der Waals surface area contributed by atoms with Crippen molar-refractivity contribution in [3.8, 4) is 11.3 Å². The lowest BCUT2D eigenvalue weighted by Gasteiger charge is -2.06. The molecule has 0 aliphatic rings. The topological polar surface area (TPSA) is 76.0 Å². The molecule has 4 rings (SSSR count). The number of anilines is 2. The van der Waals surface area contributed by atoms with Crippen LogP contribution in [0.3, 0.4) is 0 Å². The van der Waals surface area contributed by atoms with Crippen LogP contribution in [0.5, 0.6) is 0 Å². The van der Waals surface area contributed by atoms with Gasteiger partial charge >= 0.3 is 0 Å². The molecular formula is C27H24N4O2. The normalized spacial score (nSPS) is 10.8. The zero-order valence-corrected chi connectivity index (χ0v) is 18.2. The first-order chi connectivity index (χ1) is 16.1. The standard InChI is InChI=1S/C27H24N4O2/c1-20(32)28-24-13-8-14-25(17-24)29-26(33)16-15-23-19-31(18-21-9-4-2-5-10-21)30-27(23)22-11-6-3-7-12-22/h2-17,19H,18H2,1H3,(H,28,32)(H,29,33)/b16-15+. The number of carbonyl (C=O) groups excluding carboxylic acids is 2. The molecule has 0 spiro atoms. The molecule has 0 fully saturated rings. The summed E-state index contributed by atoms with van der Waals surface area (Å²) in [6.45, 7) is 2.08. The predicted molar refractivity (Wildman–Crippen MR) is 132 cm³/mol. The molecule has 0 saturated heterocycles. The van der Waals surface area contributed by atoms with Crippen LogP contribution in [0.2, 0.25) is 0 Å². The average molecular weight is 437 g/mol. The third kappa shape index (κ3) is 6.04. The molecule has 4 aromatic rings. The van der Waals surface area contributed by atoms with Crippen LogP contribution in [0, 0.1) is 0 Å². The largest absolute Gasteiger partial charge is 0.326 e. The molecule has 33 heavy (non-hydrogen) atoms. The zero-order chi connectivity index (χ0) is 23.0. The zero-order valence-electron chi connectivity index (χ0n) is 18.2. The van der Waals surface area contributed by atoms with Crippen LogP contribution in [-0.2, 0) is 16.1 Å². The van der Waals surface area contributed by atoms with Gasteiger partial charge < -0.3 is 10.6 Å². The Labute approximate surface area is 192 Å². The number of aromatic nitrogens is 2. The van der Waals surface area contributed by atoms with E-state index >= 15 is 0 Å². The molecule has 2 N–H and O–H groups in total. The van der Waals surface area contributed by atoms with Crippen molar-refractivity contribution in [3.05, 3.63) is 108 Å². The summed E-state index contributed by atoms with van der Waals surface area (Å²) in [5, 5.41) is 10.3. The van der Waals surface area contributed by atoms with Gasteiger partial charge in [0, 0.05) is 41.7 Å². The number of rotatable bonds is 7. The minimum atomic E-state index is -0.273. The first-order valence-electron chi connectivity index (χ1n) is 10.6. The van der Waals surface area contributed by atoms with E-state index in [1.54, 1.807) is 30.3 Å². The molecule has 164 valence electrons. The van der Waals surface area contributed by atoms with Crippen molar-refractivity contribution in [1.29, 1.82) is 0 Å². The highest BCUT2D eigenvalue weighted by Gasteiger charge is 2.10. The molecule has 0 bridgehead atoms. The van der Waals surface area contributed by atoms with E-state index in [-0.39, 0.29) is 11.8 Å². The van der Waals surface area contributed by atoms with Crippen molar-refractivity contribution in [2.45, 2.75) is 13.5 Å². The van der Waals surface area contributed by atoms with Crippen LogP contribution in [-0.4, -0.2) is 21.6 Å². The molecule has 0 radical (unpaired) electrons. The SMILES string of the molecule is CC(=O)Nc1cccc(NC(=O)/C=C/c2cn(Cc3ccccc3)nc2-c2ccccc2)c1. The summed E-state index contributed by atoms with van der Waals surface area (Å²) in [5.74, 6) is -0.441. The van der Waals surface area contributed by atoms with Crippen molar-refractivity contribution in [2.75, 3.05) is 10.6 Å². The average Bonchev–Trinajstić information content (AvgIpc) is 3.21. The maximum absolute atomic E-state index is 12.6. The summed E-state index contributed by atoms with van der Waals surface area (Å²) in [6, 6.07) is 27.0. The van der Waals surface area contributed by atoms with Crippen LogP contribution in [0.25, 0.3) is 17.3 Å². The summed E-state index contributed by atoms with van der Waals surface area (Å²) >= 11 is 0. The van der Waals surface area contributed by atoms with Gasteiger partial charge in [0.05, 0.1) is 12.2 Å². The Morgan fingerprint density at radius 1 is 0.879 bits per heavy atom. The lowest BCUT2D eigenvalue weighted by molar-refractivity contribution is -0.114. The third-order valence-corrected chi connectivity index (χ3v) is 4.89. The maximum atomic E-state index is 12.6. The molecule has 1 aromatic heterocycles. The van der Waals surface area contributed by atoms with Crippen LogP contribution in [0.1, 0.15) is 18.1 Å². The van der Waals surface area contributed by atoms with E-state index in [0.29, 0.717) is 17.9 Å². The summed E-state index contributed by atoms with van der Waals surface area (Å²) in [5.41, 5.74) is 5.00. The second kappa shape index (κ2) is 10.2. The number of nitrogens with one attached hydrogen (secondary N) is 2. The number of carbonyl (C=O) groups is 2. The molecule has 0 atom stereocenters. The molecule has 6 nitrogen and oxygen atoms in total. The lowest BCUT2D eigenvalue weighted by atomic mass is 10.1. The van der Waals surface area contributed by atoms with Crippen molar-refractivity contribution in [2.24, 2.45) is 0 Å². The predicted octanol–water partition coefficient (Wildman–Crippen LogP) is 5.21. The molecule has 0 aliphatic carbocycles. The van der Waals surface area contributed by atoms with Gasteiger partial charge in [-0.3, -0.25) is 14.3 Å². The first-order valence-corrected chi connectivity index (χ1v) is 10.6. The van der Waals surface area contributed by atoms with Crippen LogP contribution in [0.15, 0.2) is 97.2 Å². The highest BCUT2D eigenvalue weighted by Crippen LogP contribution is 2.24. The van der Waals surface area contributed by atoms with Crippen LogP contribution < -0.4 is 10.6 Å². The van der Waals surface area contributed by atoms with Gasteiger partial charge in [0.15, 0.2) is 0 Å². The van der Waals surface area contributed by atoms with Gasteiger partial charge in [0.2, 0.25) is 11.8 Å². The maximum Gasteiger partial charge on any atom is 0.248 e. The smallest absolute Gasteiger partial charge is 0.248 e. The Hall–Kier alpha value is -4.45. The van der Waals surface area contributed by atoms with E-state index in [9.17, 15) is 9.59 Å². The number of hydrogen-bond donors (Lipinski definition) is 2. The van der Waals surface area contributed by atoms with Crippen molar-refractivity contribution >= 4 is 29.3 Å². The summed E-state index contributed by atoms with van der Waals surface area (Å²) < 4.78 is 1.88.